The minimum absolute atomic E-state index is 0.125. The van der Waals surface area contributed by atoms with Crippen LogP contribution >= 0.6 is 0 Å². The molecular formula is C53H46N4. The Morgan fingerprint density at radius 1 is 0.702 bits per heavy atom. The maximum atomic E-state index is 5.45. The quantitative estimate of drug-likeness (QED) is 0.169. The Morgan fingerprint density at radius 3 is 2.40 bits per heavy atom. The second kappa shape index (κ2) is 15.4. The van der Waals surface area contributed by atoms with Gasteiger partial charge in [0.25, 0.3) is 0 Å². The normalized spacial score (nSPS) is 23.6. The molecule has 5 unspecified atom stereocenters. The lowest BCUT2D eigenvalue weighted by Gasteiger charge is -2.28. The van der Waals surface area contributed by atoms with E-state index in [4.69, 9.17) is 15.0 Å². The van der Waals surface area contributed by atoms with Gasteiger partial charge < -0.3 is 5.32 Å². The van der Waals surface area contributed by atoms with E-state index in [9.17, 15) is 0 Å². The van der Waals surface area contributed by atoms with E-state index in [-0.39, 0.29) is 11.8 Å². The molecule has 1 N–H and O–H groups in total. The Kier molecular flexibility index (Phi) is 9.49. The van der Waals surface area contributed by atoms with E-state index in [1.807, 2.05) is 6.20 Å². The summed E-state index contributed by atoms with van der Waals surface area (Å²) in [4.78, 5) is 15.6. The summed E-state index contributed by atoms with van der Waals surface area (Å²) >= 11 is 0. The number of benzene rings is 4. The van der Waals surface area contributed by atoms with Gasteiger partial charge in [0.05, 0.1) is 11.4 Å². The Labute approximate surface area is 335 Å². The number of aromatic nitrogens is 2. The number of fused-ring (bicyclic) bond motifs is 2. The molecule has 10 rings (SSSR count). The molecule has 0 saturated carbocycles. The number of nitrogens with zero attached hydrogens (tertiary/aromatic N) is 3. The first-order valence-corrected chi connectivity index (χ1v) is 20.5. The van der Waals surface area contributed by atoms with Gasteiger partial charge in [0.2, 0.25) is 0 Å². The van der Waals surface area contributed by atoms with Crippen LogP contribution in [0.2, 0.25) is 0 Å². The van der Waals surface area contributed by atoms with E-state index in [1.165, 1.54) is 44.3 Å². The zero-order valence-electron chi connectivity index (χ0n) is 32.3. The number of nitrogens with one attached hydrogen (secondary N) is 1. The van der Waals surface area contributed by atoms with E-state index < -0.39 is 0 Å². The number of rotatable bonds is 7. The van der Waals surface area contributed by atoms with Gasteiger partial charge in [-0.3, -0.25) is 4.99 Å². The average Bonchev–Trinajstić information content (AvgIpc) is 3.28. The molecule has 278 valence electrons. The van der Waals surface area contributed by atoms with Gasteiger partial charge in [-0.25, -0.2) is 9.97 Å². The fraction of sp³-hybridized carbons (Fsp3) is 0.189. The van der Waals surface area contributed by atoms with Crippen molar-refractivity contribution in [1.82, 2.24) is 15.3 Å². The van der Waals surface area contributed by atoms with Crippen LogP contribution < -0.4 is 5.32 Å². The monoisotopic (exact) mass is 738 g/mol. The Bertz CT molecular complexity index is 2640. The molecule has 2 aliphatic heterocycles. The third-order valence-corrected chi connectivity index (χ3v) is 12.1. The molecule has 4 aromatic carbocycles. The van der Waals surface area contributed by atoms with Crippen molar-refractivity contribution in [1.29, 1.82) is 0 Å². The van der Waals surface area contributed by atoms with Crippen LogP contribution in [0.25, 0.3) is 50.1 Å². The van der Waals surface area contributed by atoms with Crippen LogP contribution in [0, 0.1) is 11.8 Å². The van der Waals surface area contributed by atoms with Crippen molar-refractivity contribution in [3.63, 3.8) is 0 Å². The van der Waals surface area contributed by atoms with Gasteiger partial charge in [-0.15, -0.1) is 0 Å². The molecule has 0 bridgehead atoms. The summed E-state index contributed by atoms with van der Waals surface area (Å²) < 4.78 is 0. The minimum atomic E-state index is 0.125. The highest BCUT2D eigenvalue weighted by Gasteiger charge is 2.26. The summed E-state index contributed by atoms with van der Waals surface area (Å²) in [5.74, 6) is 1.48. The first-order chi connectivity index (χ1) is 28.1. The molecule has 5 aliphatic rings. The van der Waals surface area contributed by atoms with Crippen LogP contribution in [0.15, 0.2) is 187 Å². The molecule has 57 heavy (non-hydrogen) atoms. The molecule has 0 spiro atoms. The predicted molar refractivity (Wildman–Crippen MR) is 238 cm³/mol. The third-order valence-electron chi connectivity index (χ3n) is 12.1. The second-order valence-corrected chi connectivity index (χ2v) is 15.9. The largest absolute Gasteiger partial charge is 0.304 e. The summed E-state index contributed by atoms with van der Waals surface area (Å²) in [5, 5.41) is 6.19. The van der Waals surface area contributed by atoms with Gasteiger partial charge in [-0.1, -0.05) is 146 Å². The Hall–Kier alpha value is -6.23. The van der Waals surface area contributed by atoms with E-state index in [0.717, 1.165) is 59.6 Å². The van der Waals surface area contributed by atoms with Crippen LogP contribution in [0.1, 0.15) is 61.4 Å². The van der Waals surface area contributed by atoms with Crippen molar-refractivity contribution >= 4 is 22.1 Å². The molecule has 1 aromatic heterocycles. The van der Waals surface area contributed by atoms with E-state index in [1.54, 1.807) is 0 Å². The van der Waals surface area contributed by atoms with Crippen molar-refractivity contribution in [3.05, 3.63) is 199 Å². The van der Waals surface area contributed by atoms with Gasteiger partial charge in [0, 0.05) is 52.9 Å². The summed E-state index contributed by atoms with van der Waals surface area (Å²) in [7, 11) is 0. The summed E-state index contributed by atoms with van der Waals surface area (Å²) in [5.41, 5.74) is 12.7. The fourth-order valence-corrected chi connectivity index (χ4v) is 9.05. The van der Waals surface area contributed by atoms with Crippen LogP contribution in [0.4, 0.5) is 0 Å². The van der Waals surface area contributed by atoms with Gasteiger partial charge >= 0.3 is 0 Å². The lowest BCUT2D eigenvalue weighted by atomic mass is 9.76. The Morgan fingerprint density at radius 2 is 1.54 bits per heavy atom. The van der Waals surface area contributed by atoms with Gasteiger partial charge in [0.15, 0.2) is 5.82 Å². The summed E-state index contributed by atoms with van der Waals surface area (Å²) in [6.07, 6.45) is 35.2. The van der Waals surface area contributed by atoms with Crippen molar-refractivity contribution < 1.29 is 0 Å². The topological polar surface area (TPSA) is 50.2 Å². The standard InChI is InChI=1S/C53H46N4/c1-35-11-8-21-50(55-35)39-24-28-41(29-25-39)52-34-51(40-26-22-38(23-27-40)49-20-6-7-30-54-49)56-53(57-52)44-32-42(47-18-9-14-36-12-2-4-16-45(36)47)31-43(33-44)48-19-10-15-37-13-3-5-17-46(37)48/h2-5,7-19,22-26,28-36,40,45,50,55H,6,20-21,27H2,1H3. The lowest BCUT2D eigenvalue weighted by Crippen LogP contribution is -2.31. The molecule has 0 fully saturated rings. The molecule has 3 aliphatic carbocycles. The van der Waals surface area contributed by atoms with E-state index in [0.29, 0.717) is 18.0 Å². The molecule has 4 nitrogen and oxygen atoms in total. The highest BCUT2D eigenvalue weighted by atomic mass is 14.9. The van der Waals surface area contributed by atoms with Crippen LogP contribution in [0.5, 0.6) is 0 Å². The molecule has 5 aromatic rings. The average molecular weight is 739 g/mol. The second-order valence-electron chi connectivity index (χ2n) is 15.9. The minimum Gasteiger partial charge on any atom is -0.304 e. The van der Waals surface area contributed by atoms with Crippen molar-refractivity contribution in [3.8, 4) is 33.8 Å². The van der Waals surface area contributed by atoms with Gasteiger partial charge in [-0.2, -0.15) is 0 Å². The highest BCUT2D eigenvalue weighted by molar-refractivity contribution is 6.03. The molecule has 4 heteroatoms. The van der Waals surface area contributed by atoms with Crippen molar-refractivity contribution in [2.24, 2.45) is 16.8 Å². The Balaban J connectivity index is 1.11. The molecule has 3 heterocycles. The predicted octanol–water partition coefficient (Wildman–Crippen LogP) is 12.6. The fourth-order valence-electron chi connectivity index (χ4n) is 9.05. The maximum absolute atomic E-state index is 5.45. The zero-order valence-corrected chi connectivity index (χ0v) is 32.3. The van der Waals surface area contributed by atoms with Crippen molar-refractivity contribution in [2.45, 2.75) is 50.6 Å². The molecular weight excluding hydrogens is 693 g/mol. The van der Waals surface area contributed by atoms with Crippen molar-refractivity contribution in [2.75, 3.05) is 0 Å². The van der Waals surface area contributed by atoms with Gasteiger partial charge in [-0.05, 0) is 101 Å². The molecule has 0 radical (unpaired) electrons. The number of allylic oxidation sites excluding steroid dienone is 13. The van der Waals surface area contributed by atoms with Gasteiger partial charge in [0.1, 0.15) is 0 Å². The summed E-state index contributed by atoms with van der Waals surface area (Å²) in [6, 6.07) is 34.2. The number of aliphatic imine (C=N–C) groups is 1. The first kappa shape index (κ1) is 35.2. The first-order valence-electron chi connectivity index (χ1n) is 20.5. The lowest BCUT2D eigenvalue weighted by molar-refractivity contribution is 0.485. The SMILES string of the molecule is CC1C=CCC(c2ccc(-c3cc(C4C=CC(C5=NC=CCC5)=CC4)nc(-c4cc(C5=CC=CC6C=CC=CC56)cc(-c5cccc6ccccc56)c4)n3)cc2)N1. The smallest absolute Gasteiger partial charge is 0.160 e. The maximum Gasteiger partial charge on any atom is 0.160 e. The number of hydrogen-bond donors (Lipinski definition) is 1. The number of hydrogen-bond acceptors (Lipinski definition) is 4. The highest BCUT2D eigenvalue weighted by Crippen LogP contribution is 2.41. The van der Waals surface area contributed by atoms with Crippen LogP contribution in [-0.2, 0) is 0 Å². The molecule has 0 amide bonds. The molecule has 0 saturated heterocycles. The van der Waals surface area contributed by atoms with Crippen LogP contribution in [-0.4, -0.2) is 21.7 Å². The molecule has 5 atom stereocenters. The van der Waals surface area contributed by atoms with Crippen LogP contribution in [0.3, 0.4) is 0 Å². The zero-order chi connectivity index (χ0) is 38.1. The third kappa shape index (κ3) is 7.18. The summed E-state index contributed by atoms with van der Waals surface area (Å²) in [6.45, 7) is 2.21. The van der Waals surface area contributed by atoms with E-state index >= 15 is 0 Å². The van der Waals surface area contributed by atoms with E-state index in [2.05, 4.69) is 182 Å².